The summed E-state index contributed by atoms with van der Waals surface area (Å²) in [5.74, 6) is 0.348. The first-order chi connectivity index (χ1) is 12.5. The molecule has 1 atom stereocenters. The largest absolute Gasteiger partial charge is 0.342 e. The molecule has 2 saturated heterocycles. The van der Waals surface area contributed by atoms with Gasteiger partial charge in [-0.3, -0.25) is 14.6 Å². The molecule has 6 nitrogen and oxygen atoms in total. The average Bonchev–Trinajstić information content (AvgIpc) is 3.42. The second-order valence-corrected chi connectivity index (χ2v) is 8.37. The number of piperidine rings is 2. The van der Waals surface area contributed by atoms with Crippen LogP contribution in [0.1, 0.15) is 44.2 Å². The van der Waals surface area contributed by atoms with Gasteiger partial charge in [-0.1, -0.05) is 6.07 Å². The van der Waals surface area contributed by atoms with E-state index in [0.717, 1.165) is 63.9 Å². The predicted molar refractivity (Wildman–Crippen MR) is 98.2 cm³/mol. The second kappa shape index (κ2) is 6.65. The minimum Gasteiger partial charge on any atom is -0.342 e. The van der Waals surface area contributed by atoms with Crippen LogP contribution in [0, 0.1) is 5.41 Å². The van der Waals surface area contributed by atoms with Crippen molar-refractivity contribution >= 4 is 11.8 Å². The Morgan fingerprint density at radius 3 is 2.77 bits per heavy atom. The Kier molecular flexibility index (Phi) is 4.47. The van der Waals surface area contributed by atoms with Gasteiger partial charge >= 0.3 is 0 Å². The molecular formula is C20H28N4O2. The van der Waals surface area contributed by atoms with Crippen molar-refractivity contribution in [1.29, 1.82) is 0 Å². The molecule has 140 valence electrons. The molecule has 26 heavy (non-hydrogen) atoms. The topological polar surface area (TPSA) is 79.5 Å². The van der Waals surface area contributed by atoms with Crippen LogP contribution in [-0.2, 0) is 16.0 Å². The Labute approximate surface area is 154 Å². The summed E-state index contributed by atoms with van der Waals surface area (Å²) in [5.41, 5.74) is 6.59. The number of nitrogens with two attached hydrogens (primary N) is 1. The lowest BCUT2D eigenvalue weighted by Crippen LogP contribution is -2.57. The standard InChI is InChI=1S/C20H28N4O2/c21-20(9-10-20)18(26)24-12-3-7-19(15-24)8-5-17(25)23(14-19)13-6-16-4-1-2-11-22-16/h1-2,4,11H,3,5-10,12-15,21H2. The van der Waals surface area contributed by atoms with Gasteiger partial charge in [-0.25, -0.2) is 0 Å². The molecule has 2 N–H and O–H groups in total. The van der Waals surface area contributed by atoms with Crippen LogP contribution in [-0.4, -0.2) is 58.3 Å². The van der Waals surface area contributed by atoms with Gasteiger partial charge in [0.1, 0.15) is 0 Å². The van der Waals surface area contributed by atoms with Gasteiger partial charge in [0.05, 0.1) is 5.54 Å². The molecule has 1 spiro atoms. The fourth-order valence-electron chi connectivity index (χ4n) is 4.48. The first kappa shape index (κ1) is 17.5. The number of hydrogen-bond acceptors (Lipinski definition) is 4. The molecule has 1 aromatic heterocycles. The third kappa shape index (κ3) is 3.47. The molecule has 1 aliphatic carbocycles. The van der Waals surface area contributed by atoms with Crippen LogP contribution >= 0.6 is 0 Å². The maximum atomic E-state index is 12.7. The Balaban J connectivity index is 1.41. The average molecular weight is 356 g/mol. The van der Waals surface area contributed by atoms with Crippen LogP contribution in [0.2, 0.25) is 0 Å². The van der Waals surface area contributed by atoms with Gasteiger partial charge in [-0.2, -0.15) is 0 Å². The fraction of sp³-hybridized carbons (Fsp3) is 0.650. The van der Waals surface area contributed by atoms with E-state index in [1.165, 1.54) is 0 Å². The van der Waals surface area contributed by atoms with E-state index in [0.29, 0.717) is 13.0 Å². The van der Waals surface area contributed by atoms with Crippen LogP contribution in [0.15, 0.2) is 24.4 Å². The Morgan fingerprint density at radius 2 is 2.04 bits per heavy atom. The van der Waals surface area contributed by atoms with E-state index in [1.54, 1.807) is 6.20 Å². The van der Waals surface area contributed by atoms with Gasteiger partial charge in [0.25, 0.3) is 0 Å². The SMILES string of the molecule is NC1(C(=O)N2CCCC3(CCC(=O)N(CCc4ccccn4)C3)C2)CC1. The molecule has 0 bridgehead atoms. The van der Waals surface area contributed by atoms with Crippen molar-refractivity contribution in [2.24, 2.45) is 11.1 Å². The highest BCUT2D eigenvalue weighted by Crippen LogP contribution is 2.41. The van der Waals surface area contributed by atoms with E-state index >= 15 is 0 Å². The smallest absolute Gasteiger partial charge is 0.242 e. The van der Waals surface area contributed by atoms with Crippen molar-refractivity contribution in [3.05, 3.63) is 30.1 Å². The summed E-state index contributed by atoms with van der Waals surface area (Å²) >= 11 is 0. The number of nitrogens with zero attached hydrogens (tertiary/aromatic N) is 3. The summed E-state index contributed by atoms with van der Waals surface area (Å²) in [5, 5.41) is 0. The van der Waals surface area contributed by atoms with E-state index in [1.807, 2.05) is 28.0 Å². The van der Waals surface area contributed by atoms with Crippen LogP contribution in [0.25, 0.3) is 0 Å². The van der Waals surface area contributed by atoms with Gasteiger partial charge in [-0.05, 0) is 44.2 Å². The number of rotatable bonds is 4. The van der Waals surface area contributed by atoms with E-state index in [2.05, 4.69) is 4.98 Å². The molecule has 2 amide bonds. The molecule has 2 aliphatic heterocycles. The minimum atomic E-state index is -0.596. The summed E-state index contributed by atoms with van der Waals surface area (Å²) in [4.78, 5) is 33.4. The van der Waals surface area contributed by atoms with Crippen molar-refractivity contribution in [3.63, 3.8) is 0 Å². The minimum absolute atomic E-state index is 0.0389. The van der Waals surface area contributed by atoms with E-state index < -0.39 is 5.54 Å². The molecule has 6 heteroatoms. The Bertz CT molecular complexity index is 688. The lowest BCUT2D eigenvalue weighted by Gasteiger charge is -2.48. The van der Waals surface area contributed by atoms with Crippen LogP contribution in [0.5, 0.6) is 0 Å². The van der Waals surface area contributed by atoms with Gasteiger partial charge < -0.3 is 15.5 Å². The monoisotopic (exact) mass is 356 g/mol. The summed E-state index contributed by atoms with van der Waals surface area (Å²) in [6.45, 7) is 3.01. The first-order valence-electron chi connectivity index (χ1n) is 9.76. The fourth-order valence-corrected chi connectivity index (χ4v) is 4.48. The second-order valence-electron chi connectivity index (χ2n) is 8.37. The predicted octanol–water partition coefficient (Wildman–Crippen LogP) is 1.35. The van der Waals surface area contributed by atoms with Crippen molar-refractivity contribution in [3.8, 4) is 0 Å². The molecule has 1 unspecified atom stereocenters. The van der Waals surface area contributed by atoms with Crippen LogP contribution < -0.4 is 5.73 Å². The van der Waals surface area contributed by atoms with E-state index in [9.17, 15) is 9.59 Å². The van der Waals surface area contributed by atoms with Gasteiger partial charge in [0.2, 0.25) is 11.8 Å². The van der Waals surface area contributed by atoms with Crippen LogP contribution in [0.4, 0.5) is 0 Å². The van der Waals surface area contributed by atoms with Gasteiger partial charge in [-0.15, -0.1) is 0 Å². The summed E-state index contributed by atoms with van der Waals surface area (Å²) in [6, 6.07) is 5.89. The zero-order valence-electron chi connectivity index (χ0n) is 15.3. The Hall–Kier alpha value is -1.95. The summed E-state index contributed by atoms with van der Waals surface area (Å²) < 4.78 is 0. The number of likely N-dealkylation sites (tertiary alicyclic amines) is 2. The molecule has 0 radical (unpaired) electrons. The number of aromatic nitrogens is 1. The molecule has 3 aliphatic rings. The molecule has 1 aromatic rings. The normalized spacial score (nSPS) is 27.7. The zero-order valence-corrected chi connectivity index (χ0v) is 15.3. The lowest BCUT2D eigenvalue weighted by molar-refractivity contribution is -0.144. The summed E-state index contributed by atoms with van der Waals surface area (Å²) in [6.07, 6.45) is 7.74. The highest BCUT2D eigenvalue weighted by atomic mass is 16.2. The van der Waals surface area contributed by atoms with Crippen LogP contribution in [0.3, 0.4) is 0 Å². The first-order valence-corrected chi connectivity index (χ1v) is 9.76. The highest BCUT2D eigenvalue weighted by Gasteiger charge is 2.51. The van der Waals surface area contributed by atoms with Crippen molar-refractivity contribution in [2.75, 3.05) is 26.2 Å². The number of carbonyl (C=O) groups is 2. The Morgan fingerprint density at radius 1 is 1.19 bits per heavy atom. The molecule has 3 fully saturated rings. The van der Waals surface area contributed by atoms with Gasteiger partial charge in [0.15, 0.2) is 0 Å². The number of hydrogen-bond donors (Lipinski definition) is 1. The third-order valence-electron chi connectivity index (χ3n) is 6.28. The zero-order chi connectivity index (χ0) is 18.2. The van der Waals surface area contributed by atoms with Crippen molar-refractivity contribution < 1.29 is 9.59 Å². The molecular weight excluding hydrogens is 328 g/mol. The quantitative estimate of drug-likeness (QED) is 0.883. The number of carbonyl (C=O) groups excluding carboxylic acids is 2. The number of pyridine rings is 1. The molecule has 1 saturated carbocycles. The van der Waals surface area contributed by atoms with E-state index in [-0.39, 0.29) is 17.2 Å². The molecule has 0 aromatic carbocycles. The highest BCUT2D eigenvalue weighted by molar-refractivity contribution is 5.89. The number of amides is 2. The maximum absolute atomic E-state index is 12.7. The van der Waals surface area contributed by atoms with Crippen molar-refractivity contribution in [2.45, 2.75) is 50.5 Å². The van der Waals surface area contributed by atoms with Gasteiger partial charge in [0, 0.05) is 56.3 Å². The molecule has 3 heterocycles. The maximum Gasteiger partial charge on any atom is 0.242 e. The van der Waals surface area contributed by atoms with Crippen molar-refractivity contribution in [1.82, 2.24) is 14.8 Å². The lowest BCUT2D eigenvalue weighted by atomic mass is 9.73. The van der Waals surface area contributed by atoms with E-state index in [4.69, 9.17) is 5.73 Å². The molecule has 4 rings (SSSR count). The summed E-state index contributed by atoms with van der Waals surface area (Å²) in [7, 11) is 0. The third-order valence-corrected chi connectivity index (χ3v) is 6.28.